The van der Waals surface area contributed by atoms with Gasteiger partial charge in [-0.05, 0) is 28.1 Å². The highest BCUT2D eigenvalue weighted by Crippen LogP contribution is 2.23. The molecule has 2 atom stereocenters. The van der Waals surface area contributed by atoms with Gasteiger partial charge in [-0.2, -0.15) is 0 Å². The van der Waals surface area contributed by atoms with Crippen molar-refractivity contribution in [1.29, 1.82) is 0 Å². The van der Waals surface area contributed by atoms with E-state index in [0.717, 1.165) is 10.3 Å². The first-order chi connectivity index (χ1) is 7.20. The molecule has 0 amide bonds. The van der Waals surface area contributed by atoms with Crippen molar-refractivity contribution in [2.24, 2.45) is 5.92 Å². The van der Waals surface area contributed by atoms with Gasteiger partial charge in [0.15, 0.2) is 0 Å². The fourth-order valence-corrected chi connectivity index (χ4v) is 2.01. The molecule has 0 radical (unpaired) electrons. The molecule has 0 bridgehead atoms. The van der Waals surface area contributed by atoms with Crippen LogP contribution in [0.15, 0.2) is 22.8 Å². The van der Waals surface area contributed by atoms with Crippen LogP contribution in [0.25, 0.3) is 0 Å². The van der Waals surface area contributed by atoms with Crippen LogP contribution in [-0.2, 0) is 0 Å². The summed E-state index contributed by atoms with van der Waals surface area (Å²) in [5, 5.41) is 18.7. The lowest BCUT2D eigenvalue weighted by Crippen LogP contribution is -2.21. The summed E-state index contributed by atoms with van der Waals surface area (Å²) in [4.78, 5) is 6.23. The maximum absolute atomic E-state index is 9.64. The molecule has 1 aromatic heterocycles. The Morgan fingerprint density at radius 1 is 1.47 bits per heavy atom. The fraction of sp³-hybridized carbons (Fsp3) is 0.500. The highest BCUT2D eigenvalue weighted by molar-refractivity contribution is 9.10. The maximum atomic E-state index is 9.64. The Bertz CT molecular complexity index is 331. The summed E-state index contributed by atoms with van der Waals surface area (Å²) in [5.74, 6) is 0.781. The molecule has 1 aromatic rings. The van der Waals surface area contributed by atoms with E-state index in [1.54, 1.807) is 6.20 Å². The molecule has 15 heavy (non-hydrogen) atoms. The molecule has 0 spiro atoms. The minimum Gasteiger partial charge on any atom is -0.396 e. The van der Waals surface area contributed by atoms with Crippen LogP contribution in [0.2, 0.25) is 0 Å². The Morgan fingerprint density at radius 3 is 2.80 bits per heavy atom. The zero-order valence-electron chi connectivity index (χ0n) is 8.17. The number of aliphatic hydroxyl groups is 2. The van der Waals surface area contributed by atoms with E-state index < -0.39 is 6.10 Å². The van der Waals surface area contributed by atoms with Crippen molar-refractivity contribution in [3.05, 3.63) is 22.8 Å². The Kier molecular flexibility index (Phi) is 3.23. The zero-order chi connectivity index (χ0) is 10.8. The number of β-amino-alcohol motifs (C(OH)–C–C–N with tert-alkyl or cyclic N) is 1. The van der Waals surface area contributed by atoms with Crippen LogP contribution < -0.4 is 4.90 Å². The normalized spacial score (nSPS) is 25.9. The van der Waals surface area contributed by atoms with Gasteiger partial charge in [0.05, 0.1) is 12.7 Å². The van der Waals surface area contributed by atoms with E-state index in [1.165, 1.54) is 0 Å². The van der Waals surface area contributed by atoms with Crippen LogP contribution in [0.5, 0.6) is 0 Å². The molecular weight excluding hydrogens is 260 g/mol. The molecule has 2 unspecified atom stereocenters. The fourth-order valence-electron chi connectivity index (χ4n) is 1.78. The lowest BCUT2D eigenvalue weighted by Gasteiger charge is -2.16. The monoisotopic (exact) mass is 272 g/mol. The van der Waals surface area contributed by atoms with E-state index >= 15 is 0 Å². The lowest BCUT2D eigenvalue weighted by molar-refractivity contribution is 0.104. The summed E-state index contributed by atoms with van der Waals surface area (Å²) in [6.07, 6.45) is 1.27. The number of hydrogen-bond donors (Lipinski definition) is 2. The van der Waals surface area contributed by atoms with Crippen LogP contribution in [0.3, 0.4) is 0 Å². The molecule has 1 fully saturated rings. The first-order valence-corrected chi connectivity index (χ1v) is 5.65. The first kappa shape index (κ1) is 10.9. The van der Waals surface area contributed by atoms with Crippen LogP contribution >= 0.6 is 15.9 Å². The summed E-state index contributed by atoms with van der Waals surface area (Å²) >= 11 is 3.32. The van der Waals surface area contributed by atoms with Gasteiger partial charge in [-0.25, -0.2) is 4.98 Å². The average Bonchev–Trinajstić information content (AvgIpc) is 2.61. The molecule has 2 heterocycles. The zero-order valence-corrected chi connectivity index (χ0v) is 9.76. The summed E-state index contributed by atoms with van der Waals surface area (Å²) < 4.78 is 0.935. The van der Waals surface area contributed by atoms with E-state index in [2.05, 4.69) is 20.9 Å². The molecule has 1 aliphatic rings. The highest BCUT2D eigenvalue weighted by atomic mass is 79.9. The maximum Gasteiger partial charge on any atom is 0.128 e. The number of aliphatic hydroxyl groups excluding tert-OH is 2. The van der Waals surface area contributed by atoms with Gasteiger partial charge in [0.1, 0.15) is 5.82 Å². The van der Waals surface area contributed by atoms with Gasteiger partial charge in [0, 0.05) is 29.7 Å². The third-order valence-corrected chi connectivity index (χ3v) is 3.15. The van der Waals surface area contributed by atoms with Crippen LogP contribution in [0.1, 0.15) is 0 Å². The number of nitrogens with zero attached hydrogens (tertiary/aromatic N) is 2. The molecule has 4 nitrogen and oxygen atoms in total. The highest BCUT2D eigenvalue weighted by Gasteiger charge is 2.31. The second-order valence-electron chi connectivity index (χ2n) is 3.75. The topological polar surface area (TPSA) is 56.6 Å². The third kappa shape index (κ3) is 2.30. The SMILES string of the molecule is OCC1CN(c2ccc(Br)cn2)CC1O. The smallest absolute Gasteiger partial charge is 0.128 e. The average molecular weight is 273 g/mol. The molecule has 1 saturated heterocycles. The second kappa shape index (κ2) is 4.47. The van der Waals surface area contributed by atoms with Gasteiger partial charge in [0.2, 0.25) is 0 Å². The van der Waals surface area contributed by atoms with Gasteiger partial charge < -0.3 is 15.1 Å². The van der Waals surface area contributed by atoms with Gasteiger partial charge in [-0.15, -0.1) is 0 Å². The van der Waals surface area contributed by atoms with Crippen LogP contribution in [0, 0.1) is 5.92 Å². The van der Waals surface area contributed by atoms with Gasteiger partial charge in [0.25, 0.3) is 0 Å². The Balaban J connectivity index is 2.10. The van der Waals surface area contributed by atoms with E-state index in [9.17, 15) is 5.11 Å². The van der Waals surface area contributed by atoms with E-state index in [-0.39, 0.29) is 12.5 Å². The van der Waals surface area contributed by atoms with Crippen molar-refractivity contribution >= 4 is 21.7 Å². The summed E-state index contributed by atoms with van der Waals surface area (Å²) in [7, 11) is 0. The molecule has 2 N–H and O–H groups in total. The van der Waals surface area contributed by atoms with Crippen molar-refractivity contribution in [3.8, 4) is 0 Å². The number of aromatic nitrogens is 1. The van der Waals surface area contributed by atoms with Crippen LogP contribution in [0.4, 0.5) is 5.82 Å². The lowest BCUT2D eigenvalue weighted by atomic mass is 10.1. The predicted octanol–water partition coefficient (Wildman–Crippen LogP) is 0.633. The molecule has 0 saturated carbocycles. The molecule has 5 heteroatoms. The Labute approximate surface area is 96.7 Å². The van der Waals surface area contributed by atoms with Crippen molar-refractivity contribution in [2.45, 2.75) is 6.10 Å². The third-order valence-electron chi connectivity index (χ3n) is 2.68. The standard InChI is InChI=1S/C10H13BrN2O2/c11-8-1-2-10(12-3-8)13-4-7(6-14)9(15)5-13/h1-3,7,9,14-15H,4-6H2. The molecule has 1 aliphatic heterocycles. The molecular formula is C10H13BrN2O2. The first-order valence-electron chi connectivity index (χ1n) is 4.86. The Hall–Kier alpha value is -0.650. The number of halogens is 1. The molecule has 82 valence electrons. The summed E-state index contributed by atoms with van der Waals surface area (Å²) in [5.41, 5.74) is 0. The van der Waals surface area contributed by atoms with Gasteiger partial charge in [-0.3, -0.25) is 0 Å². The van der Waals surface area contributed by atoms with Gasteiger partial charge in [-0.1, -0.05) is 0 Å². The largest absolute Gasteiger partial charge is 0.396 e. The minimum atomic E-state index is -0.458. The van der Waals surface area contributed by atoms with Crippen molar-refractivity contribution < 1.29 is 10.2 Å². The van der Waals surface area contributed by atoms with Crippen LogP contribution in [-0.4, -0.2) is 41.0 Å². The molecule has 0 aromatic carbocycles. The van der Waals surface area contributed by atoms with Gasteiger partial charge >= 0.3 is 0 Å². The quantitative estimate of drug-likeness (QED) is 0.830. The van der Waals surface area contributed by atoms with E-state index in [0.29, 0.717) is 13.1 Å². The Morgan fingerprint density at radius 2 is 2.27 bits per heavy atom. The van der Waals surface area contributed by atoms with Crippen molar-refractivity contribution in [1.82, 2.24) is 4.98 Å². The molecule has 2 rings (SSSR count). The van der Waals surface area contributed by atoms with Crippen molar-refractivity contribution in [3.63, 3.8) is 0 Å². The molecule has 0 aliphatic carbocycles. The number of hydrogen-bond acceptors (Lipinski definition) is 4. The van der Waals surface area contributed by atoms with Crippen molar-refractivity contribution in [2.75, 3.05) is 24.6 Å². The second-order valence-corrected chi connectivity index (χ2v) is 4.67. The number of rotatable bonds is 2. The summed E-state index contributed by atoms with van der Waals surface area (Å²) in [6, 6.07) is 3.82. The number of anilines is 1. The van der Waals surface area contributed by atoms with E-state index in [1.807, 2.05) is 17.0 Å². The van der Waals surface area contributed by atoms with E-state index in [4.69, 9.17) is 5.11 Å². The number of pyridine rings is 1. The predicted molar refractivity (Wildman–Crippen MR) is 60.7 cm³/mol. The summed E-state index contributed by atoms with van der Waals surface area (Å²) in [6.45, 7) is 1.22. The minimum absolute atomic E-state index is 0.0220.